The molecule has 2 atom stereocenters. The van der Waals surface area contributed by atoms with Crippen molar-refractivity contribution in [1.29, 1.82) is 0 Å². The van der Waals surface area contributed by atoms with Crippen molar-refractivity contribution in [3.63, 3.8) is 0 Å². The maximum Gasteiger partial charge on any atom is 0.213 e. The summed E-state index contributed by atoms with van der Waals surface area (Å²) in [5.41, 5.74) is 0. The van der Waals surface area contributed by atoms with Crippen molar-refractivity contribution in [1.82, 2.24) is 4.98 Å². The lowest BCUT2D eigenvalue weighted by Gasteiger charge is -2.33. The van der Waals surface area contributed by atoms with E-state index in [0.29, 0.717) is 0 Å². The van der Waals surface area contributed by atoms with Gasteiger partial charge in [-0.3, -0.25) is 0 Å². The van der Waals surface area contributed by atoms with Gasteiger partial charge in [-0.2, -0.15) is 0 Å². The lowest BCUT2D eigenvalue weighted by molar-refractivity contribution is 0.113. The Kier molecular flexibility index (Phi) is 3.26. The van der Waals surface area contributed by atoms with Gasteiger partial charge in [0.15, 0.2) is 0 Å². The minimum atomic E-state index is 0.746. The first kappa shape index (κ1) is 10.2. The van der Waals surface area contributed by atoms with E-state index in [1.165, 1.54) is 12.8 Å². The molecule has 0 aliphatic heterocycles. The van der Waals surface area contributed by atoms with E-state index in [1.807, 2.05) is 18.3 Å². The van der Waals surface area contributed by atoms with E-state index >= 15 is 0 Å². The Balaban J connectivity index is 1.83. The lowest BCUT2D eigenvalue weighted by Crippen LogP contribution is -2.28. The summed E-state index contributed by atoms with van der Waals surface area (Å²) in [4.78, 5) is 4.20. The van der Waals surface area contributed by atoms with Gasteiger partial charge >= 0.3 is 0 Å². The summed E-state index contributed by atoms with van der Waals surface area (Å²) >= 11 is 2.24. The molecule has 0 unspecified atom stereocenters. The van der Waals surface area contributed by atoms with Crippen LogP contribution in [0, 0.1) is 15.4 Å². The highest BCUT2D eigenvalue weighted by molar-refractivity contribution is 14.1. The highest BCUT2D eigenvalue weighted by Crippen LogP contribution is 2.33. The molecule has 1 saturated carbocycles. The molecule has 0 spiro atoms. The molecule has 1 fully saturated rings. The molecule has 0 bridgehead atoms. The van der Waals surface area contributed by atoms with E-state index in [-0.39, 0.29) is 0 Å². The summed E-state index contributed by atoms with van der Waals surface area (Å²) < 4.78 is 6.77. The van der Waals surface area contributed by atoms with E-state index in [4.69, 9.17) is 4.74 Å². The van der Waals surface area contributed by atoms with Gasteiger partial charge in [0.1, 0.15) is 0 Å². The molecule has 14 heavy (non-hydrogen) atoms. The summed E-state index contributed by atoms with van der Waals surface area (Å²) in [5.74, 6) is 2.33. The molecule has 0 aromatic carbocycles. The Morgan fingerprint density at radius 1 is 1.50 bits per heavy atom. The van der Waals surface area contributed by atoms with Gasteiger partial charge < -0.3 is 4.74 Å². The predicted molar refractivity (Wildman–Crippen MR) is 64.3 cm³/mol. The zero-order valence-electron chi connectivity index (χ0n) is 8.24. The van der Waals surface area contributed by atoms with Crippen LogP contribution in [0.25, 0.3) is 0 Å². The summed E-state index contributed by atoms with van der Waals surface area (Å²) in [6, 6.07) is 3.96. The minimum Gasteiger partial charge on any atom is -0.477 e. The molecule has 1 aliphatic rings. The molecular weight excluding hydrogens is 289 g/mol. The molecular formula is C11H14INO. The molecule has 1 aromatic heterocycles. The number of pyridine rings is 1. The number of hydrogen-bond donors (Lipinski definition) is 0. The Morgan fingerprint density at radius 2 is 2.36 bits per heavy atom. The quantitative estimate of drug-likeness (QED) is 0.801. The summed E-state index contributed by atoms with van der Waals surface area (Å²) in [5, 5.41) is 0. The van der Waals surface area contributed by atoms with Crippen LogP contribution in [0.1, 0.15) is 19.8 Å². The van der Waals surface area contributed by atoms with Crippen molar-refractivity contribution in [2.45, 2.75) is 19.8 Å². The smallest absolute Gasteiger partial charge is 0.213 e. The van der Waals surface area contributed by atoms with Crippen molar-refractivity contribution in [2.24, 2.45) is 11.8 Å². The van der Waals surface area contributed by atoms with Crippen molar-refractivity contribution < 1.29 is 4.74 Å². The number of hydrogen-bond acceptors (Lipinski definition) is 2. The van der Waals surface area contributed by atoms with Crippen molar-refractivity contribution in [2.75, 3.05) is 6.61 Å². The van der Waals surface area contributed by atoms with E-state index in [1.54, 1.807) is 0 Å². The molecule has 0 saturated heterocycles. The first-order valence-electron chi connectivity index (χ1n) is 5.00. The Hall–Kier alpha value is -0.320. The number of rotatable bonds is 3. The molecule has 3 heteroatoms. The van der Waals surface area contributed by atoms with Crippen LogP contribution in [0.2, 0.25) is 0 Å². The molecule has 1 heterocycles. The topological polar surface area (TPSA) is 22.1 Å². The Labute approximate surface area is 98.2 Å². The average molecular weight is 303 g/mol. The van der Waals surface area contributed by atoms with Crippen LogP contribution in [-0.2, 0) is 0 Å². The third kappa shape index (κ3) is 2.38. The molecule has 2 nitrogen and oxygen atoms in total. The van der Waals surface area contributed by atoms with Crippen LogP contribution in [0.3, 0.4) is 0 Å². The number of ether oxygens (including phenoxy) is 1. The SMILES string of the molecule is C[C@@H]1CC[C@H]1COc1ccc(I)cn1. The molecule has 1 aromatic rings. The van der Waals surface area contributed by atoms with Crippen LogP contribution >= 0.6 is 22.6 Å². The van der Waals surface area contributed by atoms with Gasteiger partial charge in [0.05, 0.1) is 6.61 Å². The first-order valence-corrected chi connectivity index (χ1v) is 6.08. The first-order chi connectivity index (χ1) is 6.75. The second-order valence-electron chi connectivity index (χ2n) is 3.94. The lowest BCUT2D eigenvalue weighted by atomic mass is 9.75. The van der Waals surface area contributed by atoms with Crippen LogP contribution in [-0.4, -0.2) is 11.6 Å². The standard InChI is InChI=1S/C11H14INO/c1-8-2-3-9(8)7-14-11-5-4-10(12)6-13-11/h4-6,8-9H,2-3,7H2,1H3/t8-,9+/m1/s1. The molecule has 0 amide bonds. The maximum atomic E-state index is 5.62. The maximum absolute atomic E-state index is 5.62. The van der Waals surface area contributed by atoms with Crippen molar-refractivity contribution >= 4 is 22.6 Å². The molecule has 2 rings (SSSR count). The number of aromatic nitrogens is 1. The third-order valence-electron chi connectivity index (χ3n) is 2.94. The third-order valence-corrected chi connectivity index (χ3v) is 3.58. The van der Waals surface area contributed by atoms with Gasteiger partial charge in [-0.1, -0.05) is 6.92 Å². The minimum absolute atomic E-state index is 0.746. The Bertz CT molecular complexity index is 299. The van der Waals surface area contributed by atoms with Crippen molar-refractivity contribution in [3.8, 4) is 5.88 Å². The second-order valence-corrected chi connectivity index (χ2v) is 5.19. The highest BCUT2D eigenvalue weighted by atomic mass is 127. The summed E-state index contributed by atoms with van der Waals surface area (Å²) in [6.45, 7) is 3.12. The van der Waals surface area contributed by atoms with E-state index in [9.17, 15) is 0 Å². The summed E-state index contributed by atoms with van der Waals surface area (Å²) in [6.07, 6.45) is 4.50. The largest absolute Gasteiger partial charge is 0.477 e. The van der Waals surface area contributed by atoms with Gasteiger partial charge in [-0.05, 0) is 53.3 Å². The average Bonchev–Trinajstić information content (AvgIpc) is 2.19. The fourth-order valence-electron chi connectivity index (χ4n) is 1.62. The summed E-state index contributed by atoms with van der Waals surface area (Å²) in [7, 11) is 0. The number of nitrogens with zero attached hydrogens (tertiary/aromatic N) is 1. The zero-order chi connectivity index (χ0) is 9.97. The van der Waals surface area contributed by atoms with Crippen LogP contribution in [0.5, 0.6) is 5.88 Å². The monoisotopic (exact) mass is 303 g/mol. The zero-order valence-corrected chi connectivity index (χ0v) is 10.4. The molecule has 0 N–H and O–H groups in total. The van der Waals surface area contributed by atoms with Crippen LogP contribution in [0.15, 0.2) is 18.3 Å². The molecule has 76 valence electrons. The fourth-order valence-corrected chi connectivity index (χ4v) is 1.94. The molecule has 0 radical (unpaired) electrons. The van der Waals surface area contributed by atoms with Crippen LogP contribution in [0.4, 0.5) is 0 Å². The number of halogens is 1. The van der Waals surface area contributed by atoms with Crippen molar-refractivity contribution in [3.05, 3.63) is 21.9 Å². The van der Waals surface area contributed by atoms with Gasteiger partial charge in [0.25, 0.3) is 0 Å². The Morgan fingerprint density at radius 3 is 2.86 bits per heavy atom. The molecule has 1 aliphatic carbocycles. The van der Waals surface area contributed by atoms with Gasteiger partial charge in [-0.25, -0.2) is 4.98 Å². The van der Waals surface area contributed by atoms with E-state index < -0.39 is 0 Å². The fraction of sp³-hybridized carbons (Fsp3) is 0.545. The van der Waals surface area contributed by atoms with Gasteiger partial charge in [0, 0.05) is 15.8 Å². The normalized spacial score (nSPS) is 25.6. The predicted octanol–water partition coefficient (Wildman–Crippen LogP) is 3.11. The van der Waals surface area contributed by atoms with E-state index in [0.717, 1.165) is 27.9 Å². The van der Waals surface area contributed by atoms with E-state index in [2.05, 4.69) is 34.5 Å². The highest BCUT2D eigenvalue weighted by Gasteiger charge is 2.27. The second kappa shape index (κ2) is 4.47. The van der Waals surface area contributed by atoms with Gasteiger partial charge in [-0.15, -0.1) is 0 Å². The van der Waals surface area contributed by atoms with Gasteiger partial charge in [0.2, 0.25) is 5.88 Å². The van der Waals surface area contributed by atoms with Crippen LogP contribution < -0.4 is 4.74 Å².